The number of nitrogens with zero attached hydrogens (tertiary/aromatic N) is 1. The third-order valence-corrected chi connectivity index (χ3v) is 3.68. The van der Waals surface area contributed by atoms with E-state index >= 15 is 0 Å². The summed E-state index contributed by atoms with van der Waals surface area (Å²) >= 11 is 0. The Hall–Kier alpha value is -2.79. The van der Waals surface area contributed by atoms with E-state index in [1.165, 1.54) is 0 Å². The van der Waals surface area contributed by atoms with Crippen molar-refractivity contribution < 1.29 is 14.7 Å². The van der Waals surface area contributed by atoms with Crippen LogP contribution >= 0.6 is 0 Å². The van der Waals surface area contributed by atoms with E-state index in [9.17, 15) is 10.0 Å². The minimum atomic E-state index is -0.877. The van der Waals surface area contributed by atoms with Crippen LogP contribution in [-0.4, -0.2) is 16.3 Å². The summed E-state index contributed by atoms with van der Waals surface area (Å²) in [5, 5.41) is 11.9. The molecule has 0 bridgehead atoms. The Kier molecular flexibility index (Phi) is 4.30. The van der Waals surface area contributed by atoms with Crippen molar-refractivity contribution in [3.8, 4) is 5.75 Å². The molecule has 3 rings (SSSR count). The zero-order chi connectivity index (χ0) is 16.2. The van der Waals surface area contributed by atoms with Gasteiger partial charge in [0, 0.05) is 5.39 Å². The fourth-order valence-electron chi connectivity index (χ4n) is 2.53. The lowest BCUT2D eigenvalue weighted by Gasteiger charge is -2.14. The lowest BCUT2D eigenvalue weighted by molar-refractivity contribution is -0.0470. The number of benzene rings is 2. The molecule has 2 aromatic rings. The molecule has 0 aromatic heterocycles. The Morgan fingerprint density at radius 3 is 2.87 bits per heavy atom. The molecule has 0 spiro atoms. The quantitative estimate of drug-likeness (QED) is 0.667. The van der Waals surface area contributed by atoms with Crippen LogP contribution in [0.1, 0.15) is 18.4 Å². The smallest absolute Gasteiger partial charge is 0.338 e. The lowest BCUT2D eigenvalue weighted by atomic mass is 10.1. The van der Waals surface area contributed by atoms with E-state index in [4.69, 9.17) is 10.5 Å². The molecule has 23 heavy (non-hydrogen) atoms. The van der Waals surface area contributed by atoms with E-state index in [1.807, 2.05) is 42.5 Å². The summed E-state index contributed by atoms with van der Waals surface area (Å²) in [5.41, 5.74) is 5.81. The van der Waals surface area contributed by atoms with Crippen molar-refractivity contribution in [2.24, 2.45) is 5.73 Å². The molecule has 0 aliphatic heterocycles. The number of nitrogens with two attached hydrogens (primary N) is 1. The van der Waals surface area contributed by atoms with Gasteiger partial charge in [-0.1, -0.05) is 30.3 Å². The van der Waals surface area contributed by atoms with E-state index in [2.05, 4.69) is 12.2 Å². The normalized spacial score (nSPS) is 13.7. The molecular weight excluding hydrogens is 292 g/mol. The van der Waals surface area contributed by atoms with Crippen LogP contribution in [0.2, 0.25) is 0 Å². The van der Waals surface area contributed by atoms with Gasteiger partial charge < -0.3 is 10.5 Å². The van der Waals surface area contributed by atoms with Crippen LogP contribution in [0.5, 0.6) is 5.75 Å². The van der Waals surface area contributed by atoms with Crippen LogP contribution in [0.3, 0.4) is 0 Å². The highest BCUT2D eigenvalue weighted by Gasteiger charge is 2.09. The summed E-state index contributed by atoms with van der Waals surface area (Å²) in [4.78, 5) is 10.9. The highest BCUT2D eigenvalue weighted by atomic mass is 16.5. The summed E-state index contributed by atoms with van der Waals surface area (Å²) in [6.45, 7) is 0.0459. The van der Waals surface area contributed by atoms with Gasteiger partial charge in [0.25, 0.3) is 0 Å². The number of urea groups is 1. The second kappa shape index (κ2) is 6.54. The number of carbonyl (C=O) groups excluding carboxylic acids is 1. The van der Waals surface area contributed by atoms with E-state index < -0.39 is 6.03 Å². The van der Waals surface area contributed by atoms with E-state index in [1.54, 1.807) is 0 Å². The van der Waals surface area contributed by atoms with Gasteiger partial charge >= 0.3 is 6.03 Å². The molecule has 0 saturated heterocycles. The number of hydroxylamine groups is 2. The van der Waals surface area contributed by atoms with Gasteiger partial charge in [0.15, 0.2) is 0 Å². The zero-order valence-electron chi connectivity index (χ0n) is 12.6. The molecule has 0 heterocycles. The van der Waals surface area contributed by atoms with Crippen LogP contribution in [0.25, 0.3) is 10.8 Å². The Morgan fingerprint density at radius 1 is 1.26 bits per heavy atom. The summed E-state index contributed by atoms with van der Waals surface area (Å²) in [5.74, 6) is 1.63. The van der Waals surface area contributed by atoms with Gasteiger partial charge in [0.2, 0.25) is 0 Å². The molecule has 1 aliphatic rings. The zero-order valence-corrected chi connectivity index (χ0v) is 12.6. The summed E-state index contributed by atoms with van der Waals surface area (Å²) < 4.78 is 5.97. The molecular formula is C18H18N2O3. The molecule has 118 valence electrons. The molecule has 3 N–H and O–H groups in total. The highest BCUT2D eigenvalue weighted by Crippen LogP contribution is 2.29. The second-order valence-electron chi connectivity index (χ2n) is 5.40. The van der Waals surface area contributed by atoms with Crippen molar-refractivity contribution in [1.82, 2.24) is 5.06 Å². The van der Waals surface area contributed by atoms with E-state index in [0.29, 0.717) is 5.06 Å². The second-order valence-corrected chi connectivity index (χ2v) is 5.40. The van der Waals surface area contributed by atoms with Crippen molar-refractivity contribution in [3.05, 3.63) is 65.9 Å². The summed E-state index contributed by atoms with van der Waals surface area (Å²) in [6, 6.07) is 10.6. The topological polar surface area (TPSA) is 75.8 Å². The fraction of sp³-hybridized carbons (Fsp3) is 0.167. The molecule has 0 saturated carbocycles. The minimum Gasteiger partial charge on any atom is -0.457 e. The molecule has 0 fully saturated rings. The van der Waals surface area contributed by atoms with E-state index in [0.717, 1.165) is 40.7 Å². The largest absolute Gasteiger partial charge is 0.457 e. The first kappa shape index (κ1) is 15.1. The number of fused-ring (bicyclic) bond motifs is 1. The molecule has 0 radical (unpaired) electrons. The van der Waals surface area contributed by atoms with Crippen molar-refractivity contribution in [2.75, 3.05) is 0 Å². The van der Waals surface area contributed by atoms with Crippen LogP contribution in [0, 0.1) is 0 Å². The van der Waals surface area contributed by atoms with Crippen LogP contribution < -0.4 is 10.5 Å². The summed E-state index contributed by atoms with van der Waals surface area (Å²) in [6.07, 6.45) is 8.18. The Morgan fingerprint density at radius 2 is 2.13 bits per heavy atom. The summed E-state index contributed by atoms with van der Waals surface area (Å²) in [7, 11) is 0. The molecule has 5 heteroatoms. The molecule has 0 atom stereocenters. The van der Waals surface area contributed by atoms with Gasteiger partial charge in [-0.05, 0) is 48.1 Å². The van der Waals surface area contributed by atoms with Crippen LogP contribution in [-0.2, 0) is 6.54 Å². The van der Waals surface area contributed by atoms with Gasteiger partial charge in [-0.25, -0.2) is 9.86 Å². The van der Waals surface area contributed by atoms with Crippen LogP contribution in [0.4, 0.5) is 4.79 Å². The van der Waals surface area contributed by atoms with Gasteiger partial charge in [0.1, 0.15) is 11.5 Å². The van der Waals surface area contributed by atoms with Crippen molar-refractivity contribution in [3.63, 3.8) is 0 Å². The first-order chi connectivity index (χ1) is 11.1. The van der Waals surface area contributed by atoms with Crippen molar-refractivity contribution in [1.29, 1.82) is 0 Å². The minimum absolute atomic E-state index is 0.0459. The number of hydrogen-bond donors (Lipinski definition) is 2. The third-order valence-electron chi connectivity index (χ3n) is 3.68. The molecule has 0 unspecified atom stereocenters. The number of ether oxygens (including phenoxy) is 1. The van der Waals surface area contributed by atoms with Gasteiger partial charge in [0.05, 0.1) is 6.54 Å². The standard InChI is InChI=1S/C18H18N2O3/c19-18(21)20(22)12-13-9-10-16-14(11-13)5-4-8-17(16)23-15-6-2-1-3-7-15/h2,4-11,22H,1,3,12H2,(H2,19,21). The average molecular weight is 310 g/mol. The fourth-order valence-corrected chi connectivity index (χ4v) is 2.53. The van der Waals surface area contributed by atoms with Crippen LogP contribution in [0.15, 0.2) is 60.4 Å². The maximum Gasteiger partial charge on any atom is 0.338 e. The average Bonchev–Trinajstić information content (AvgIpc) is 2.56. The Bertz CT molecular complexity index is 796. The predicted octanol–water partition coefficient (Wildman–Crippen LogP) is 3.72. The van der Waals surface area contributed by atoms with Crippen molar-refractivity contribution >= 4 is 16.8 Å². The van der Waals surface area contributed by atoms with E-state index in [-0.39, 0.29) is 6.54 Å². The maximum absolute atomic E-state index is 10.9. The number of carbonyl (C=O) groups is 1. The SMILES string of the molecule is NC(=O)N(O)Cc1ccc2c(OC3=CCCC=C3)cccc2c1. The molecule has 1 aliphatic carbocycles. The maximum atomic E-state index is 10.9. The molecule has 5 nitrogen and oxygen atoms in total. The number of allylic oxidation sites excluding steroid dienone is 3. The Balaban J connectivity index is 1.88. The van der Waals surface area contributed by atoms with Gasteiger partial charge in [-0.3, -0.25) is 5.21 Å². The number of primary amides is 1. The van der Waals surface area contributed by atoms with Gasteiger partial charge in [-0.15, -0.1) is 0 Å². The first-order valence-corrected chi connectivity index (χ1v) is 7.45. The predicted molar refractivity (Wildman–Crippen MR) is 87.9 cm³/mol. The Labute approximate surface area is 134 Å². The lowest BCUT2D eigenvalue weighted by Crippen LogP contribution is -2.31. The van der Waals surface area contributed by atoms with Crippen molar-refractivity contribution in [2.45, 2.75) is 19.4 Å². The monoisotopic (exact) mass is 310 g/mol. The number of amides is 2. The first-order valence-electron chi connectivity index (χ1n) is 7.45. The number of hydrogen-bond acceptors (Lipinski definition) is 3. The molecule has 2 aromatic carbocycles. The third kappa shape index (κ3) is 3.52. The highest BCUT2D eigenvalue weighted by molar-refractivity contribution is 5.89. The van der Waals surface area contributed by atoms with Gasteiger partial charge in [-0.2, -0.15) is 0 Å². The number of rotatable bonds is 4. The molecule has 2 amide bonds.